The van der Waals surface area contributed by atoms with E-state index < -0.39 is 7.82 Å². The largest absolute Gasteiger partial charge is 0.822 e. The minimum Gasteiger partial charge on any atom is -0.822 e. The highest BCUT2D eigenvalue weighted by Crippen LogP contribution is 2.03. The predicted molar refractivity (Wildman–Crippen MR) is 63.8 cm³/mol. The van der Waals surface area contributed by atoms with Crippen LogP contribution in [-0.2, 0) is 4.57 Å². The molecule has 0 aliphatic heterocycles. The minimum atomic E-state index is -5.39. The molecule has 0 unspecified atom stereocenters. The lowest BCUT2D eigenvalue weighted by molar-refractivity contribution is -0.836. The zero-order valence-electron chi connectivity index (χ0n) is 12.6. The molecular weight excluding hydrogens is 245 g/mol. The van der Waals surface area contributed by atoms with Crippen LogP contribution in [0.1, 0.15) is 0 Å². The minimum absolute atomic E-state index is 1.42. The predicted octanol–water partition coefficient (Wildman–Crippen LogP) is -6.54. The lowest BCUT2D eigenvalue weighted by atomic mass is 11.0. The number of hydrogen-bond donors (Lipinski definition) is 3. The molecule has 0 aromatic rings. The van der Waals surface area contributed by atoms with E-state index in [1.54, 1.807) is 0 Å². The van der Waals surface area contributed by atoms with Gasteiger partial charge in [0.25, 0.3) is 0 Å². The van der Waals surface area contributed by atoms with Crippen LogP contribution in [0, 0.1) is 0 Å². The molecule has 0 aromatic carbocycles. The molecule has 0 bridgehead atoms. The first-order chi connectivity index (χ1) is 7.20. The van der Waals surface area contributed by atoms with Gasteiger partial charge in [-0.15, -0.1) is 0 Å². The van der Waals surface area contributed by atoms with E-state index in [1.807, 2.05) is 0 Å². The zero-order valence-corrected chi connectivity index (χ0v) is 13.5. The summed E-state index contributed by atoms with van der Waals surface area (Å²) in [5, 5.41) is 0. The highest BCUT2D eigenvalue weighted by Gasteiger charge is 1.62. The third kappa shape index (κ3) is 31300000. The van der Waals surface area contributed by atoms with Crippen LogP contribution >= 0.6 is 7.82 Å². The topological polar surface area (TPSA) is 99.6 Å². The van der Waals surface area contributed by atoms with Crippen molar-refractivity contribution in [2.45, 2.75) is 0 Å². The average molecular weight is 275 g/mol. The molecule has 3 N–H and O–H groups in total. The number of quaternary nitrogens is 3. The van der Waals surface area contributed by atoms with Crippen molar-refractivity contribution in [3.05, 3.63) is 0 Å². The van der Waals surface area contributed by atoms with Crippen LogP contribution in [0.4, 0.5) is 0 Å². The van der Waals surface area contributed by atoms with Crippen LogP contribution in [0.2, 0.25) is 0 Å². The summed E-state index contributed by atoms with van der Waals surface area (Å²) in [5.74, 6) is 0. The quantitative estimate of drug-likeness (QED) is 0.383. The summed E-state index contributed by atoms with van der Waals surface area (Å²) in [6, 6.07) is 0. The van der Waals surface area contributed by atoms with Crippen LogP contribution in [0.5, 0.6) is 0 Å². The van der Waals surface area contributed by atoms with Crippen molar-refractivity contribution in [2.24, 2.45) is 0 Å². The zero-order chi connectivity index (χ0) is 15.2. The molecule has 7 nitrogen and oxygen atoms in total. The summed E-state index contributed by atoms with van der Waals surface area (Å²) in [6.45, 7) is 0. The maximum Gasteiger partial charge on any atom is 0.0661 e. The lowest BCUT2D eigenvalue weighted by Gasteiger charge is -2.36. The Kier molecular flexibility index (Phi) is 24.2. The van der Waals surface area contributed by atoms with Gasteiger partial charge >= 0.3 is 0 Å². The van der Waals surface area contributed by atoms with E-state index in [0.717, 1.165) is 0 Å². The number of phosphoric acid groups is 1. The molecule has 0 saturated heterocycles. The van der Waals surface area contributed by atoms with Crippen molar-refractivity contribution in [1.29, 1.82) is 0 Å². The van der Waals surface area contributed by atoms with E-state index in [-0.39, 0.29) is 0 Å². The van der Waals surface area contributed by atoms with Gasteiger partial charge in [0.05, 0.1) is 63.4 Å². The Balaban J connectivity index is -0.0000000667. The molecule has 0 atom stereocenters. The molecule has 0 aliphatic rings. The molecule has 0 amide bonds. The molecule has 110 valence electrons. The number of rotatable bonds is 0. The van der Waals surface area contributed by atoms with Gasteiger partial charge in [0.2, 0.25) is 0 Å². The SMILES string of the molecule is C[NH+](C)C.C[NH+](C)C.C[NH+](C)C.O=P([O-])([O-])[O-]. The van der Waals surface area contributed by atoms with Crippen LogP contribution in [0.3, 0.4) is 0 Å². The third-order valence-electron chi connectivity index (χ3n) is 0. The Morgan fingerprint density at radius 2 is 0.588 bits per heavy atom. The van der Waals surface area contributed by atoms with Crippen molar-refractivity contribution >= 4 is 7.82 Å². The molecule has 8 heteroatoms. The van der Waals surface area contributed by atoms with E-state index in [9.17, 15) is 0 Å². The molecule has 0 saturated carbocycles. The Morgan fingerprint density at radius 3 is 0.588 bits per heavy atom. The van der Waals surface area contributed by atoms with Crippen LogP contribution in [0.15, 0.2) is 0 Å². The van der Waals surface area contributed by atoms with Crippen molar-refractivity contribution in [2.75, 3.05) is 63.4 Å². The van der Waals surface area contributed by atoms with Gasteiger partial charge in [-0.25, -0.2) is 0 Å². The molecule has 0 heterocycles. The van der Waals surface area contributed by atoms with Crippen molar-refractivity contribution in [3.63, 3.8) is 0 Å². The molecule has 0 aromatic heterocycles. The summed E-state index contributed by atoms with van der Waals surface area (Å²) in [6.07, 6.45) is 0. The van der Waals surface area contributed by atoms with E-state index in [1.165, 1.54) is 14.7 Å². The number of nitrogens with one attached hydrogen (secondary N) is 3. The van der Waals surface area contributed by atoms with E-state index in [2.05, 4.69) is 63.4 Å². The van der Waals surface area contributed by atoms with Gasteiger partial charge in [-0.05, 0) is 0 Å². The fourth-order valence-electron chi connectivity index (χ4n) is 0. The Bertz CT molecular complexity index is 141. The standard InChI is InChI=1S/3C3H9N.H3O4P/c3*1-4(2)3;1-5(2,3)4/h3*1-3H3;(H3,1,2,3,4). The Morgan fingerprint density at radius 1 is 0.588 bits per heavy atom. The van der Waals surface area contributed by atoms with E-state index >= 15 is 0 Å². The molecule has 0 rings (SSSR count). The fourth-order valence-corrected chi connectivity index (χ4v) is 0. The van der Waals surface area contributed by atoms with Crippen LogP contribution < -0.4 is 29.4 Å². The monoisotopic (exact) mass is 275 g/mol. The first-order valence-electron chi connectivity index (χ1n) is 5.23. The second-order valence-electron chi connectivity index (χ2n) is 4.95. The second kappa shape index (κ2) is 16.0. The van der Waals surface area contributed by atoms with Gasteiger partial charge in [-0.3, -0.25) is 0 Å². The molecule has 0 spiro atoms. The molecule has 0 aliphatic carbocycles. The Labute approximate surface area is 106 Å². The fraction of sp³-hybridized carbons (Fsp3) is 1.00. The smallest absolute Gasteiger partial charge is 0.0661 e. The lowest BCUT2D eigenvalue weighted by Crippen LogP contribution is -3.02. The normalized spacial score (nSPS) is 9.82. The van der Waals surface area contributed by atoms with Gasteiger partial charge in [0.1, 0.15) is 0 Å². The van der Waals surface area contributed by atoms with Gasteiger partial charge in [0.15, 0.2) is 0 Å². The second-order valence-corrected chi connectivity index (χ2v) is 5.84. The molecule has 0 fully saturated rings. The first-order valence-corrected chi connectivity index (χ1v) is 6.69. The van der Waals surface area contributed by atoms with Crippen LogP contribution in [-0.4, -0.2) is 63.4 Å². The summed E-state index contributed by atoms with van der Waals surface area (Å²) >= 11 is 0. The maximum absolute atomic E-state index is 8.55. The average Bonchev–Trinajstić information content (AvgIpc) is 1.73. The van der Waals surface area contributed by atoms with Gasteiger partial charge in [0, 0.05) is 0 Å². The molecule has 0 radical (unpaired) electrons. The van der Waals surface area contributed by atoms with Gasteiger partial charge < -0.3 is 33.9 Å². The molecule has 17 heavy (non-hydrogen) atoms. The van der Waals surface area contributed by atoms with E-state index in [4.69, 9.17) is 19.2 Å². The first kappa shape index (κ1) is 25.7. The Hall–Kier alpha value is -0.0100. The summed E-state index contributed by atoms with van der Waals surface area (Å²) in [4.78, 5) is 29.9. The maximum atomic E-state index is 8.55. The third-order valence-corrected chi connectivity index (χ3v) is 0. The summed E-state index contributed by atoms with van der Waals surface area (Å²) in [5.41, 5.74) is 0. The van der Waals surface area contributed by atoms with Crippen molar-refractivity contribution in [1.82, 2.24) is 0 Å². The summed E-state index contributed by atoms with van der Waals surface area (Å²) < 4.78 is 8.55. The summed E-state index contributed by atoms with van der Waals surface area (Å²) in [7, 11) is 13.4. The highest BCUT2D eigenvalue weighted by molar-refractivity contribution is 7.40. The molecular formula is C9H30N3O4P. The van der Waals surface area contributed by atoms with Gasteiger partial charge in [-0.2, -0.15) is 7.82 Å². The highest BCUT2D eigenvalue weighted by atomic mass is 31.2. The number of hydrogen-bond acceptors (Lipinski definition) is 4. The van der Waals surface area contributed by atoms with E-state index in [0.29, 0.717) is 0 Å². The van der Waals surface area contributed by atoms with Gasteiger partial charge in [-0.1, -0.05) is 0 Å². The van der Waals surface area contributed by atoms with Crippen molar-refractivity contribution in [3.8, 4) is 0 Å². The van der Waals surface area contributed by atoms with Crippen LogP contribution in [0.25, 0.3) is 0 Å². The van der Waals surface area contributed by atoms with Crippen molar-refractivity contribution < 1.29 is 33.9 Å².